The lowest BCUT2D eigenvalue weighted by Crippen LogP contribution is -1.88. The van der Waals surface area contributed by atoms with Gasteiger partial charge in [0.15, 0.2) is 0 Å². The topological polar surface area (TPSA) is 0 Å². The SMILES string of the molecule is C1=CC=CC(C2=CC=CC=CCC2)=CC=C1. The summed E-state index contributed by atoms with van der Waals surface area (Å²) in [6.07, 6.45) is 27.6. The van der Waals surface area contributed by atoms with Gasteiger partial charge in [-0.2, -0.15) is 0 Å². The van der Waals surface area contributed by atoms with Crippen LogP contribution in [-0.4, -0.2) is 0 Å². The maximum Gasteiger partial charge on any atom is -0.0224 e. The molecule has 0 heterocycles. The third kappa shape index (κ3) is 3.09. The smallest absolute Gasteiger partial charge is 0.0224 e. The highest BCUT2D eigenvalue weighted by Crippen LogP contribution is 2.20. The molecule has 0 N–H and O–H groups in total. The molecule has 2 aliphatic carbocycles. The Morgan fingerprint density at radius 1 is 0.688 bits per heavy atom. The molecule has 0 heteroatoms. The number of allylic oxidation sites excluding steroid dienone is 14. The zero-order chi connectivity index (χ0) is 11.1. The zero-order valence-electron chi connectivity index (χ0n) is 9.34. The van der Waals surface area contributed by atoms with E-state index in [-0.39, 0.29) is 0 Å². The van der Waals surface area contributed by atoms with Gasteiger partial charge in [0.2, 0.25) is 0 Å². The van der Waals surface area contributed by atoms with E-state index in [9.17, 15) is 0 Å². The van der Waals surface area contributed by atoms with Gasteiger partial charge in [0.05, 0.1) is 0 Å². The molecule has 0 unspecified atom stereocenters. The van der Waals surface area contributed by atoms with Crippen molar-refractivity contribution in [1.29, 1.82) is 0 Å². The summed E-state index contributed by atoms with van der Waals surface area (Å²) in [6.45, 7) is 0. The van der Waals surface area contributed by atoms with Crippen molar-refractivity contribution in [2.24, 2.45) is 0 Å². The number of rotatable bonds is 1. The summed E-state index contributed by atoms with van der Waals surface area (Å²) in [5.74, 6) is 0. The van der Waals surface area contributed by atoms with Crippen LogP contribution in [0.15, 0.2) is 84.1 Å². The Bertz CT molecular complexity index is 435. The molecule has 0 saturated heterocycles. The van der Waals surface area contributed by atoms with Crippen LogP contribution >= 0.6 is 0 Å². The standard InChI is InChI=1S/C16H16/c1-3-7-11-15(12-8-4-1)16-13-9-5-2-6-10-14-16/h1-9,11-13H,10,14H2. The maximum absolute atomic E-state index is 2.21. The Labute approximate surface area is 97.4 Å². The van der Waals surface area contributed by atoms with Crippen molar-refractivity contribution in [2.75, 3.05) is 0 Å². The first-order valence-corrected chi connectivity index (χ1v) is 5.71. The minimum Gasteiger partial charge on any atom is -0.0842 e. The van der Waals surface area contributed by atoms with E-state index in [0.29, 0.717) is 0 Å². The van der Waals surface area contributed by atoms with Gasteiger partial charge in [0.25, 0.3) is 0 Å². The molecule has 0 saturated carbocycles. The molecule has 0 amide bonds. The molecule has 0 aromatic rings. The fourth-order valence-corrected chi connectivity index (χ4v) is 1.75. The highest BCUT2D eigenvalue weighted by atomic mass is 14.1. The first-order chi connectivity index (χ1) is 7.97. The van der Waals surface area contributed by atoms with Crippen LogP contribution in [0.25, 0.3) is 0 Å². The summed E-state index contributed by atoms with van der Waals surface area (Å²) in [7, 11) is 0. The van der Waals surface area contributed by atoms with Crippen molar-refractivity contribution < 1.29 is 0 Å². The van der Waals surface area contributed by atoms with Crippen LogP contribution in [0.1, 0.15) is 12.8 Å². The highest BCUT2D eigenvalue weighted by Gasteiger charge is 2.01. The first-order valence-electron chi connectivity index (χ1n) is 5.71. The lowest BCUT2D eigenvalue weighted by atomic mass is 9.97. The molecule has 2 rings (SSSR count). The molecule has 0 spiro atoms. The Morgan fingerprint density at radius 2 is 1.44 bits per heavy atom. The molecule has 0 fully saturated rings. The fourth-order valence-electron chi connectivity index (χ4n) is 1.75. The lowest BCUT2D eigenvalue weighted by molar-refractivity contribution is 0.992. The van der Waals surface area contributed by atoms with E-state index in [0.717, 1.165) is 12.8 Å². The summed E-state index contributed by atoms with van der Waals surface area (Å²) in [4.78, 5) is 0. The summed E-state index contributed by atoms with van der Waals surface area (Å²) in [5, 5.41) is 0. The molecule has 0 nitrogen and oxygen atoms in total. The largest absolute Gasteiger partial charge is 0.0842 e. The molecule has 0 bridgehead atoms. The van der Waals surface area contributed by atoms with E-state index in [1.54, 1.807) is 0 Å². The van der Waals surface area contributed by atoms with Gasteiger partial charge in [0, 0.05) is 0 Å². The Hall–Kier alpha value is -1.82. The molecule has 0 aromatic carbocycles. The van der Waals surface area contributed by atoms with E-state index in [2.05, 4.69) is 66.8 Å². The van der Waals surface area contributed by atoms with Crippen molar-refractivity contribution in [1.82, 2.24) is 0 Å². The van der Waals surface area contributed by atoms with Crippen LogP contribution in [-0.2, 0) is 0 Å². The maximum atomic E-state index is 2.21. The van der Waals surface area contributed by atoms with Gasteiger partial charge in [0.1, 0.15) is 0 Å². The van der Waals surface area contributed by atoms with Crippen molar-refractivity contribution >= 4 is 0 Å². The molecule has 2 aliphatic rings. The van der Waals surface area contributed by atoms with Crippen LogP contribution in [0, 0.1) is 0 Å². The second-order valence-electron chi connectivity index (χ2n) is 3.79. The van der Waals surface area contributed by atoms with Gasteiger partial charge < -0.3 is 0 Å². The van der Waals surface area contributed by atoms with E-state index < -0.39 is 0 Å². The van der Waals surface area contributed by atoms with Crippen LogP contribution in [0.2, 0.25) is 0 Å². The minimum atomic E-state index is 1.11. The molecular weight excluding hydrogens is 192 g/mol. The number of hydrogen-bond acceptors (Lipinski definition) is 0. The summed E-state index contributed by atoms with van der Waals surface area (Å²) >= 11 is 0. The molecule has 0 aliphatic heterocycles. The second-order valence-corrected chi connectivity index (χ2v) is 3.79. The summed E-state index contributed by atoms with van der Waals surface area (Å²) in [5.41, 5.74) is 2.71. The number of hydrogen-bond donors (Lipinski definition) is 0. The highest BCUT2D eigenvalue weighted by molar-refractivity contribution is 5.46. The van der Waals surface area contributed by atoms with Gasteiger partial charge in [-0.25, -0.2) is 0 Å². The van der Waals surface area contributed by atoms with Gasteiger partial charge in [-0.3, -0.25) is 0 Å². The fraction of sp³-hybridized carbons (Fsp3) is 0.125. The van der Waals surface area contributed by atoms with Crippen LogP contribution in [0.5, 0.6) is 0 Å². The van der Waals surface area contributed by atoms with Crippen LogP contribution < -0.4 is 0 Å². The molecule has 80 valence electrons. The predicted molar refractivity (Wildman–Crippen MR) is 71.1 cm³/mol. The first kappa shape index (κ1) is 10.7. The summed E-state index contributed by atoms with van der Waals surface area (Å²) < 4.78 is 0. The van der Waals surface area contributed by atoms with Gasteiger partial charge >= 0.3 is 0 Å². The average molecular weight is 208 g/mol. The van der Waals surface area contributed by atoms with Crippen LogP contribution in [0.3, 0.4) is 0 Å². The van der Waals surface area contributed by atoms with Crippen molar-refractivity contribution in [2.45, 2.75) is 12.8 Å². The Kier molecular flexibility index (Phi) is 3.95. The van der Waals surface area contributed by atoms with E-state index in [1.807, 2.05) is 6.08 Å². The van der Waals surface area contributed by atoms with Crippen molar-refractivity contribution in [3.8, 4) is 0 Å². The normalized spacial score (nSPS) is 19.5. The Balaban J connectivity index is 2.23. The van der Waals surface area contributed by atoms with E-state index in [4.69, 9.17) is 0 Å². The van der Waals surface area contributed by atoms with E-state index in [1.165, 1.54) is 11.1 Å². The molecular formula is C16H16. The van der Waals surface area contributed by atoms with Crippen molar-refractivity contribution in [3.63, 3.8) is 0 Å². The van der Waals surface area contributed by atoms with Crippen LogP contribution in [0.4, 0.5) is 0 Å². The monoisotopic (exact) mass is 208 g/mol. The third-order valence-corrected chi connectivity index (χ3v) is 2.60. The van der Waals surface area contributed by atoms with E-state index >= 15 is 0 Å². The molecule has 0 radical (unpaired) electrons. The molecule has 0 atom stereocenters. The third-order valence-electron chi connectivity index (χ3n) is 2.60. The van der Waals surface area contributed by atoms with Gasteiger partial charge in [-0.1, -0.05) is 72.9 Å². The summed E-state index contributed by atoms with van der Waals surface area (Å²) in [6, 6.07) is 0. The van der Waals surface area contributed by atoms with Gasteiger partial charge in [-0.05, 0) is 24.0 Å². The second kappa shape index (κ2) is 5.92. The quantitative estimate of drug-likeness (QED) is 0.598. The Morgan fingerprint density at radius 3 is 2.44 bits per heavy atom. The average Bonchev–Trinajstić information content (AvgIpc) is 2.18. The van der Waals surface area contributed by atoms with Crippen molar-refractivity contribution in [3.05, 3.63) is 84.1 Å². The predicted octanol–water partition coefficient (Wildman–Crippen LogP) is 4.43. The molecule has 0 aromatic heterocycles. The lowest BCUT2D eigenvalue weighted by Gasteiger charge is -2.08. The minimum absolute atomic E-state index is 1.11. The zero-order valence-corrected chi connectivity index (χ0v) is 9.34. The molecule has 16 heavy (non-hydrogen) atoms. The van der Waals surface area contributed by atoms with Gasteiger partial charge in [-0.15, -0.1) is 0 Å².